The molecule has 0 amide bonds. The Morgan fingerprint density at radius 2 is 1.37 bits per heavy atom. The van der Waals surface area contributed by atoms with Crippen LogP contribution in [-0.2, 0) is 4.74 Å². The molecule has 0 aliphatic carbocycles. The summed E-state index contributed by atoms with van der Waals surface area (Å²) in [5.74, 6) is 0.752. The van der Waals surface area contributed by atoms with E-state index in [-0.39, 0.29) is 6.10 Å². The first-order chi connectivity index (χ1) is 13.1. The molecule has 1 aliphatic heterocycles. The Morgan fingerprint density at radius 3 is 1.89 bits per heavy atom. The number of rotatable bonds is 17. The van der Waals surface area contributed by atoms with E-state index in [1.54, 1.807) is 6.92 Å². The van der Waals surface area contributed by atoms with Crippen molar-refractivity contribution in [2.75, 3.05) is 0 Å². The van der Waals surface area contributed by atoms with Crippen molar-refractivity contribution in [2.24, 2.45) is 4.99 Å². The lowest BCUT2D eigenvalue weighted by atomic mass is 10.1. The van der Waals surface area contributed by atoms with Crippen LogP contribution in [0.4, 0.5) is 0 Å². The van der Waals surface area contributed by atoms with Gasteiger partial charge in [0.05, 0.1) is 0 Å². The number of unbranched alkanes of at least 4 members (excludes halogenated alkanes) is 12. The van der Waals surface area contributed by atoms with E-state index in [0.717, 1.165) is 25.2 Å². The Labute approximate surface area is 168 Å². The van der Waals surface area contributed by atoms with E-state index in [1.165, 1.54) is 83.5 Å². The van der Waals surface area contributed by atoms with Crippen molar-refractivity contribution in [1.29, 1.82) is 0 Å². The van der Waals surface area contributed by atoms with Crippen LogP contribution in [0.2, 0.25) is 0 Å². The van der Waals surface area contributed by atoms with Gasteiger partial charge in [0.2, 0.25) is 0 Å². The van der Waals surface area contributed by atoms with Gasteiger partial charge in [0.1, 0.15) is 6.10 Å². The van der Waals surface area contributed by atoms with Gasteiger partial charge < -0.3 is 9.84 Å². The summed E-state index contributed by atoms with van der Waals surface area (Å²) >= 11 is 0. The van der Waals surface area contributed by atoms with Gasteiger partial charge in [-0.1, -0.05) is 83.8 Å². The number of ether oxygens (including phenoxy) is 1. The first-order valence-corrected chi connectivity index (χ1v) is 11.7. The van der Waals surface area contributed by atoms with Gasteiger partial charge in [0, 0.05) is 6.42 Å². The van der Waals surface area contributed by atoms with Crippen LogP contribution in [0.1, 0.15) is 124 Å². The number of allylic oxidation sites excluding steroid dienone is 2. The molecule has 0 bridgehead atoms. The molecular weight excluding hydrogens is 334 g/mol. The number of aliphatic hydroxyl groups is 1. The zero-order valence-corrected chi connectivity index (χ0v) is 18.3. The van der Waals surface area contributed by atoms with Gasteiger partial charge >= 0.3 is 0 Å². The number of hydrogen-bond acceptors (Lipinski definition) is 3. The first kappa shape index (κ1) is 24.2. The lowest BCUT2D eigenvalue weighted by molar-refractivity contribution is -0.0223. The Bertz CT molecular complexity index is 415. The standard InChI is InChI=1S/C24H45NO2/c1-4-6-7-8-9-10-11-12-13-14-15-16-17-18-19-20-21-23-25-24(3,26)22(5-2)27-23/h12-13,22,26H,4-11,14-21H2,1-3H3/b13-12-. The van der Waals surface area contributed by atoms with Gasteiger partial charge in [0.15, 0.2) is 11.6 Å². The molecule has 0 radical (unpaired) electrons. The fourth-order valence-electron chi connectivity index (χ4n) is 3.74. The largest absolute Gasteiger partial charge is 0.473 e. The summed E-state index contributed by atoms with van der Waals surface area (Å²) in [4.78, 5) is 4.32. The lowest BCUT2D eigenvalue weighted by Crippen LogP contribution is -2.33. The van der Waals surface area contributed by atoms with Gasteiger partial charge in [-0.3, -0.25) is 0 Å². The number of aliphatic imine (C=N–C) groups is 1. The van der Waals surface area contributed by atoms with E-state index in [1.807, 2.05) is 6.92 Å². The summed E-state index contributed by atoms with van der Waals surface area (Å²) in [6, 6.07) is 0. The van der Waals surface area contributed by atoms with Crippen LogP contribution < -0.4 is 0 Å². The van der Waals surface area contributed by atoms with Crippen LogP contribution in [0.25, 0.3) is 0 Å². The number of nitrogens with zero attached hydrogens (tertiary/aromatic N) is 1. The Kier molecular flexibility index (Phi) is 13.6. The molecule has 0 fully saturated rings. The maximum Gasteiger partial charge on any atom is 0.193 e. The van der Waals surface area contributed by atoms with Crippen molar-refractivity contribution in [1.82, 2.24) is 0 Å². The maximum atomic E-state index is 10.1. The highest BCUT2D eigenvalue weighted by molar-refractivity contribution is 5.78. The van der Waals surface area contributed by atoms with Gasteiger partial charge in [-0.25, -0.2) is 4.99 Å². The molecule has 3 heteroatoms. The molecule has 158 valence electrons. The fraction of sp³-hybridized carbons (Fsp3) is 0.875. The second-order valence-electron chi connectivity index (χ2n) is 8.30. The van der Waals surface area contributed by atoms with Crippen LogP contribution in [0.5, 0.6) is 0 Å². The van der Waals surface area contributed by atoms with Crippen LogP contribution in [-0.4, -0.2) is 22.8 Å². The molecule has 0 aromatic carbocycles. The van der Waals surface area contributed by atoms with Gasteiger partial charge in [-0.05, 0) is 45.4 Å². The molecule has 0 spiro atoms. The van der Waals surface area contributed by atoms with Crippen molar-refractivity contribution in [3.63, 3.8) is 0 Å². The van der Waals surface area contributed by atoms with Gasteiger partial charge in [-0.15, -0.1) is 0 Å². The fourth-order valence-corrected chi connectivity index (χ4v) is 3.74. The van der Waals surface area contributed by atoms with E-state index < -0.39 is 5.72 Å². The SMILES string of the molecule is CCCCCCCC/C=C\CCCCCCCCC1=NC(C)(O)C(CC)O1. The van der Waals surface area contributed by atoms with Crippen LogP contribution in [0.15, 0.2) is 17.1 Å². The molecule has 3 nitrogen and oxygen atoms in total. The first-order valence-electron chi connectivity index (χ1n) is 11.7. The minimum atomic E-state index is -1.02. The minimum Gasteiger partial charge on any atom is -0.473 e. The van der Waals surface area contributed by atoms with E-state index in [4.69, 9.17) is 4.74 Å². The smallest absolute Gasteiger partial charge is 0.193 e. The zero-order valence-electron chi connectivity index (χ0n) is 18.3. The predicted octanol–water partition coefficient (Wildman–Crippen LogP) is 7.33. The predicted molar refractivity (Wildman–Crippen MR) is 117 cm³/mol. The van der Waals surface area contributed by atoms with E-state index in [2.05, 4.69) is 24.1 Å². The van der Waals surface area contributed by atoms with E-state index in [0.29, 0.717) is 0 Å². The topological polar surface area (TPSA) is 41.8 Å². The van der Waals surface area contributed by atoms with Crippen molar-refractivity contribution >= 4 is 5.90 Å². The highest BCUT2D eigenvalue weighted by Crippen LogP contribution is 2.27. The van der Waals surface area contributed by atoms with E-state index >= 15 is 0 Å². The Morgan fingerprint density at radius 1 is 0.852 bits per heavy atom. The van der Waals surface area contributed by atoms with Crippen molar-refractivity contribution in [3.8, 4) is 0 Å². The molecule has 0 aromatic heterocycles. The lowest BCUT2D eigenvalue weighted by Gasteiger charge is -2.19. The highest BCUT2D eigenvalue weighted by Gasteiger charge is 2.38. The molecule has 27 heavy (non-hydrogen) atoms. The summed E-state index contributed by atoms with van der Waals surface area (Å²) in [7, 11) is 0. The third-order valence-electron chi connectivity index (χ3n) is 5.51. The van der Waals surface area contributed by atoms with Crippen molar-refractivity contribution in [2.45, 2.75) is 135 Å². The van der Waals surface area contributed by atoms with Gasteiger partial charge in [-0.2, -0.15) is 0 Å². The van der Waals surface area contributed by atoms with Crippen molar-refractivity contribution < 1.29 is 9.84 Å². The summed E-state index contributed by atoms with van der Waals surface area (Å²) in [6.07, 6.45) is 24.8. The minimum absolute atomic E-state index is 0.165. The summed E-state index contributed by atoms with van der Waals surface area (Å²) in [5, 5.41) is 10.1. The van der Waals surface area contributed by atoms with Crippen molar-refractivity contribution in [3.05, 3.63) is 12.2 Å². The summed E-state index contributed by atoms with van der Waals surface area (Å²) < 4.78 is 5.74. The third-order valence-corrected chi connectivity index (χ3v) is 5.51. The van der Waals surface area contributed by atoms with Crippen LogP contribution in [0.3, 0.4) is 0 Å². The molecule has 0 saturated carbocycles. The molecule has 1 heterocycles. The molecule has 2 atom stereocenters. The molecule has 0 saturated heterocycles. The molecule has 2 unspecified atom stereocenters. The average Bonchev–Trinajstić information content (AvgIpc) is 2.94. The molecular formula is C24H45NO2. The number of hydrogen-bond donors (Lipinski definition) is 1. The average molecular weight is 380 g/mol. The van der Waals surface area contributed by atoms with E-state index in [9.17, 15) is 5.11 Å². The normalized spacial score (nSPS) is 22.4. The van der Waals surface area contributed by atoms with Crippen LogP contribution in [0, 0.1) is 0 Å². The van der Waals surface area contributed by atoms with Gasteiger partial charge in [0.25, 0.3) is 0 Å². The Balaban J connectivity index is 1.85. The van der Waals surface area contributed by atoms with Crippen LogP contribution >= 0.6 is 0 Å². The quantitative estimate of drug-likeness (QED) is 0.212. The second-order valence-corrected chi connectivity index (χ2v) is 8.30. The maximum absolute atomic E-state index is 10.1. The monoisotopic (exact) mass is 379 g/mol. The molecule has 1 rings (SSSR count). The third kappa shape index (κ3) is 11.6. The molecule has 0 aromatic rings. The zero-order chi connectivity index (χ0) is 19.8. The summed E-state index contributed by atoms with van der Waals surface area (Å²) in [6.45, 7) is 6.05. The molecule has 1 aliphatic rings. The molecule has 1 N–H and O–H groups in total. The summed E-state index contributed by atoms with van der Waals surface area (Å²) in [5.41, 5.74) is -1.02. The Hall–Kier alpha value is -0.830. The highest BCUT2D eigenvalue weighted by atomic mass is 16.5. The second kappa shape index (κ2) is 15.1.